The van der Waals surface area contributed by atoms with Crippen LogP contribution in [0.15, 0.2) is 143 Å². The molecule has 4 heterocycles. The van der Waals surface area contributed by atoms with Crippen LogP contribution in [-0.2, 0) is 0 Å². The Balaban J connectivity index is 1.24. The summed E-state index contributed by atoms with van der Waals surface area (Å²) in [5.41, 5.74) is 10.2. The summed E-state index contributed by atoms with van der Waals surface area (Å²) in [4.78, 5) is 9.96. The van der Waals surface area contributed by atoms with E-state index < -0.39 is 0 Å². The highest BCUT2D eigenvalue weighted by molar-refractivity contribution is 6.10. The summed E-state index contributed by atoms with van der Waals surface area (Å²) < 4.78 is 15.0. The Hall–Kier alpha value is -6.20. The summed E-state index contributed by atoms with van der Waals surface area (Å²) >= 11 is 0. The second kappa shape index (κ2) is 10.2. The fraction of sp³-hybridized carbons (Fsp3) is 0.0244. The molecule has 0 bridgehead atoms. The third kappa shape index (κ3) is 3.88. The molecule has 0 saturated heterocycles. The van der Waals surface area contributed by atoms with Crippen LogP contribution in [0.2, 0.25) is 0 Å². The second-order valence-electron chi connectivity index (χ2n) is 11.5. The Kier molecular flexibility index (Phi) is 5.80. The summed E-state index contributed by atoms with van der Waals surface area (Å²) in [6, 6.07) is 43.2. The van der Waals surface area contributed by atoms with Crippen molar-refractivity contribution in [2.24, 2.45) is 0 Å². The van der Waals surface area contributed by atoms with Crippen LogP contribution in [0, 0.1) is 6.92 Å². The van der Waals surface area contributed by atoms with Crippen LogP contribution in [0.5, 0.6) is 0 Å². The minimum Gasteiger partial charge on any atom is -0.456 e. The Labute approximate surface area is 264 Å². The topological polar surface area (TPSA) is 57.0 Å². The molecule has 4 aromatic heterocycles. The van der Waals surface area contributed by atoms with Crippen molar-refractivity contribution in [3.05, 3.63) is 145 Å². The van der Waals surface area contributed by atoms with Gasteiger partial charge in [-0.3, -0.25) is 0 Å². The molecule has 0 amide bonds. The van der Waals surface area contributed by atoms with Crippen molar-refractivity contribution >= 4 is 50.0 Å². The maximum absolute atomic E-state index is 6.49. The van der Waals surface area contributed by atoms with Crippen LogP contribution in [0.1, 0.15) is 11.3 Å². The van der Waals surface area contributed by atoms with Gasteiger partial charge in [0.05, 0.1) is 27.9 Å². The van der Waals surface area contributed by atoms with E-state index in [1.807, 2.05) is 66.7 Å². The van der Waals surface area contributed by atoms with Crippen LogP contribution in [-0.4, -0.2) is 14.5 Å². The van der Waals surface area contributed by atoms with E-state index in [2.05, 4.69) is 84.8 Å². The van der Waals surface area contributed by atoms with Gasteiger partial charge in [0.25, 0.3) is 0 Å². The van der Waals surface area contributed by atoms with Crippen LogP contribution in [0.3, 0.4) is 0 Å². The van der Waals surface area contributed by atoms with Gasteiger partial charge in [0, 0.05) is 38.5 Å². The van der Waals surface area contributed by atoms with Gasteiger partial charge < -0.3 is 13.4 Å². The van der Waals surface area contributed by atoms with Gasteiger partial charge in [0.1, 0.15) is 16.9 Å². The van der Waals surface area contributed by atoms with Crippen molar-refractivity contribution in [2.75, 3.05) is 0 Å². The Bertz CT molecular complexity index is 2600. The molecule has 5 heteroatoms. The molecule has 218 valence electrons. The number of fused-ring (bicyclic) bond motifs is 5. The molecule has 0 fully saturated rings. The highest BCUT2D eigenvalue weighted by Gasteiger charge is 2.23. The van der Waals surface area contributed by atoms with Crippen molar-refractivity contribution in [2.45, 2.75) is 6.92 Å². The summed E-state index contributed by atoms with van der Waals surface area (Å²) in [6.45, 7) is 6.38. The van der Waals surface area contributed by atoms with E-state index in [4.69, 9.17) is 18.8 Å². The first-order chi connectivity index (χ1) is 22.7. The SMILES string of the molecule is C=Cc1c(-c2oc3ccccc3c2C)c2ccccc2n1-c1ccc(-c2nc(-c3ccccc3)nc3oc4ccccc4c23)cc1. The van der Waals surface area contributed by atoms with Crippen molar-refractivity contribution in [3.63, 3.8) is 0 Å². The maximum atomic E-state index is 6.49. The van der Waals surface area contributed by atoms with Gasteiger partial charge in [-0.05, 0) is 43.3 Å². The van der Waals surface area contributed by atoms with Crippen LogP contribution in [0.25, 0.3) is 89.7 Å². The van der Waals surface area contributed by atoms with Gasteiger partial charge in [-0.25, -0.2) is 4.98 Å². The molecule has 0 saturated carbocycles. The van der Waals surface area contributed by atoms with Crippen molar-refractivity contribution < 1.29 is 8.83 Å². The summed E-state index contributed by atoms with van der Waals surface area (Å²) in [5, 5.41) is 4.13. The normalized spacial score (nSPS) is 11.7. The molecule has 0 aliphatic heterocycles. The molecule has 9 rings (SSSR count). The molecule has 0 N–H and O–H groups in total. The van der Waals surface area contributed by atoms with Gasteiger partial charge in [0.2, 0.25) is 5.71 Å². The summed E-state index contributed by atoms with van der Waals surface area (Å²) in [7, 11) is 0. The number of benzene rings is 5. The molecule has 0 atom stereocenters. The number of aryl methyl sites for hydroxylation is 1. The smallest absolute Gasteiger partial charge is 0.231 e. The molecule has 46 heavy (non-hydrogen) atoms. The highest BCUT2D eigenvalue weighted by atomic mass is 16.3. The minimum absolute atomic E-state index is 0.574. The van der Waals surface area contributed by atoms with E-state index in [-0.39, 0.29) is 0 Å². The van der Waals surface area contributed by atoms with Gasteiger partial charge in [-0.15, -0.1) is 0 Å². The molecule has 0 spiro atoms. The molecule has 0 aliphatic rings. The molecule has 9 aromatic rings. The van der Waals surface area contributed by atoms with Crippen LogP contribution in [0.4, 0.5) is 0 Å². The van der Waals surface area contributed by atoms with E-state index in [1.54, 1.807) is 0 Å². The van der Waals surface area contributed by atoms with Crippen LogP contribution >= 0.6 is 0 Å². The van der Waals surface area contributed by atoms with E-state index in [0.717, 1.165) is 83.3 Å². The third-order valence-corrected chi connectivity index (χ3v) is 8.85. The minimum atomic E-state index is 0.574. The van der Waals surface area contributed by atoms with Gasteiger partial charge in [0.15, 0.2) is 5.82 Å². The van der Waals surface area contributed by atoms with E-state index in [9.17, 15) is 0 Å². The average Bonchev–Trinajstić information content (AvgIpc) is 3.77. The number of hydrogen-bond donors (Lipinski definition) is 0. The Morgan fingerprint density at radius 3 is 2.02 bits per heavy atom. The number of furan rings is 2. The number of nitrogens with zero attached hydrogens (tertiary/aromatic N) is 3. The monoisotopic (exact) mass is 593 g/mol. The zero-order valence-corrected chi connectivity index (χ0v) is 25.1. The molecular formula is C41H27N3O2. The van der Waals surface area contributed by atoms with E-state index >= 15 is 0 Å². The lowest BCUT2D eigenvalue weighted by atomic mass is 10.0. The van der Waals surface area contributed by atoms with Gasteiger partial charge in [-0.1, -0.05) is 104 Å². The highest BCUT2D eigenvalue weighted by Crippen LogP contribution is 2.43. The molecule has 0 radical (unpaired) electrons. The molecular weight excluding hydrogens is 566 g/mol. The molecule has 0 aliphatic carbocycles. The lowest BCUT2D eigenvalue weighted by molar-refractivity contribution is 0.629. The lowest BCUT2D eigenvalue weighted by Crippen LogP contribution is -1.98. The van der Waals surface area contributed by atoms with Gasteiger partial charge in [-0.2, -0.15) is 4.98 Å². The fourth-order valence-electron chi connectivity index (χ4n) is 6.70. The average molecular weight is 594 g/mol. The molecule has 5 aromatic carbocycles. The predicted molar refractivity (Wildman–Crippen MR) is 187 cm³/mol. The van der Waals surface area contributed by atoms with Crippen molar-refractivity contribution in [3.8, 4) is 39.7 Å². The fourth-order valence-corrected chi connectivity index (χ4v) is 6.70. The zero-order valence-electron chi connectivity index (χ0n) is 25.1. The number of para-hydroxylation sites is 3. The quantitative estimate of drug-likeness (QED) is 0.199. The van der Waals surface area contributed by atoms with E-state index in [1.165, 1.54) is 0 Å². The first-order valence-electron chi connectivity index (χ1n) is 15.3. The van der Waals surface area contributed by atoms with Gasteiger partial charge >= 0.3 is 0 Å². The molecule has 5 nitrogen and oxygen atoms in total. The van der Waals surface area contributed by atoms with E-state index in [0.29, 0.717) is 11.5 Å². The number of rotatable bonds is 5. The maximum Gasteiger partial charge on any atom is 0.231 e. The molecule has 0 unspecified atom stereocenters. The zero-order chi connectivity index (χ0) is 30.8. The van der Waals surface area contributed by atoms with Crippen molar-refractivity contribution in [1.29, 1.82) is 0 Å². The Morgan fingerprint density at radius 1 is 0.630 bits per heavy atom. The first-order valence-corrected chi connectivity index (χ1v) is 15.3. The van der Waals surface area contributed by atoms with Crippen molar-refractivity contribution in [1.82, 2.24) is 14.5 Å². The predicted octanol–water partition coefficient (Wildman–Crippen LogP) is 11.0. The van der Waals surface area contributed by atoms with Crippen LogP contribution < -0.4 is 0 Å². The Morgan fingerprint density at radius 2 is 1.28 bits per heavy atom. The second-order valence-corrected chi connectivity index (χ2v) is 11.5. The summed E-state index contributed by atoms with van der Waals surface area (Å²) in [6.07, 6.45) is 1.92. The third-order valence-electron chi connectivity index (χ3n) is 8.85. The standard InChI is InChI=1S/C41H27N3O2/c1-3-32-36(39-25(2)29-15-8-11-19-34(29)45-39)30-16-7-10-18-33(30)44(32)28-23-21-26(22-24-28)38-37-31-17-9-12-20-35(31)46-41(37)43-40(42-38)27-13-5-4-6-14-27/h3-24H,1H2,2H3. The first kappa shape index (κ1) is 26.2. The lowest BCUT2D eigenvalue weighted by Gasteiger charge is -2.11. The summed E-state index contributed by atoms with van der Waals surface area (Å²) in [5.74, 6) is 1.49. The number of hydrogen-bond acceptors (Lipinski definition) is 4. The largest absolute Gasteiger partial charge is 0.456 e. The number of aromatic nitrogens is 3.